The van der Waals surface area contributed by atoms with Gasteiger partial charge in [-0.05, 0) is 48.0 Å². The number of rotatable bonds is 5. The molecule has 2 heterocycles. The second-order valence-corrected chi connectivity index (χ2v) is 6.42. The van der Waals surface area contributed by atoms with Crippen molar-refractivity contribution in [3.63, 3.8) is 0 Å². The average Bonchev–Trinajstić information content (AvgIpc) is 3.10. The first kappa shape index (κ1) is 17.1. The summed E-state index contributed by atoms with van der Waals surface area (Å²) in [5.74, 6) is 0.734. The Bertz CT molecular complexity index is 1120. The SMILES string of the molecule is O=[N+]([O-])c1ccc2nc(-c3ccc(OCc4cccc(Cl)c4)cc3)cn2c1. The Kier molecular flexibility index (Phi) is 4.48. The fourth-order valence-electron chi connectivity index (χ4n) is 2.74. The van der Waals surface area contributed by atoms with Crippen molar-refractivity contribution in [1.82, 2.24) is 9.38 Å². The number of aromatic nitrogens is 2. The minimum Gasteiger partial charge on any atom is -0.489 e. The van der Waals surface area contributed by atoms with Crippen molar-refractivity contribution in [2.24, 2.45) is 0 Å². The van der Waals surface area contributed by atoms with E-state index in [1.54, 1.807) is 16.7 Å². The zero-order valence-corrected chi connectivity index (χ0v) is 14.8. The molecule has 2 aromatic carbocycles. The molecular weight excluding hydrogens is 366 g/mol. The summed E-state index contributed by atoms with van der Waals surface area (Å²) in [6, 6.07) is 18.2. The molecule has 0 spiro atoms. The van der Waals surface area contributed by atoms with Gasteiger partial charge in [-0.25, -0.2) is 4.98 Å². The molecule has 0 N–H and O–H groups in total. The van der Waals surface area contributed by atoms with Crippen molar-refractivity contribution >= 4 is 22.9 Å². The highest BCUT2D eigenvalue weighted by atomic mass is 35.5. The van der Waals surface area contributed by atoms with Crippen LogP contribution in [0.5, 0.6) is 5.75 Å². The number of pyridine rings is 1. The van der Waals surface area contributed by atoms with Gasteiger partial charge in [-0.1, -0.05) is 23.7 Å². The number of nitrogens with zero attached hydrogens (tertiary/aromatic N) is 3. The molecule has 0 saturated carbocycles. The van der Waals surface area contributed by atoms with E-state index >= 15 is 0 Å². The molecule has 0 saturated heterocycles. The summed E-state index contributed by atoms with van der Waals surface area (Å²) in [5, 5.41) is 11.6. The van der Waals surface area contributed by atoms with Crippen molar-refractivity contribution in [3.8, 4) is 17.0 Å². The van der Waals surface area contributed by atoms with E-state index in [1.807, 2.05) is 48.5 Å². The minimum absolute atomic E-state index is 0.0243. The van der Waals surface area contributed by atoms with Crippen LogP contribution in [0.3, 0.4) is 0 Å². The Morgan fingerprint density at radius 1 is 1.07 bits per heavy atom. The first-order valence-corrected chi connectivity index (χ1v) is 8.57. The van der Waals surface area contributed by atoms with Crippen LogP contribution in [0.15, 0.2) is 73.1 Å². The summed E-state index contributed by atoms with van der Waals surface area (Å²) in [4.78, 5) is 15.0. The summed E-state index contributed by atoms with van der Waals surface area (Å²) in [6.07, 6.45) is 3.22. The van der Waals surface area contributed by atoms with Crippen molar-refractivity contribution in [2.75, 3.05) is 0 Å². The lowest BCUT2D eigenvalue weighted by Crippen LogP contribution is -1.95. The third kappa shape index (κ3) is 3.75. The van der Waals surface area contributed by atoms with Crippen molar-refractivity contribution in [2.45, 2.75) is 6.61 Å². The van der Waals surface area contributed by atoms with Crippen LogP contribution in [0, 0.1) is 10.1 Å². The predicted molar refractivity (Wildman–Crippen MR) is 103 cm³/mol. The van der Waals surface area contributed by atoms with Gasteiger partial charge in [0.2, 0.25) is 0 Å². The molecule has 4 aromatic rings. The van der Waals surface area contributed by atoms with Crippen LogP contribution in [-0.2, 0) is 6.61 Å². The average molecular weight is 380 g/mol. The van der Waals surface area contributed by atoms with E-state index in [9.17, 15) is 10.1 Å². The van der Waals surface area contributed by atoms with E-state index in [-0.39, 0.29) is 5.69 Å². The molecule has 4 rings (SSSR count). The smallest absolute Gasteiger partial charge is 0.286 e. The molecule has 27 heavy (non-hydrogen) atoms. The van der Waals surface area contributed by atoms with Gasteiger partial charge in [0.15, 0.2) is 0 Å². The number of fused-ring (bicyclic) bond motifs is 1. The molecule has 6 nitrogen and oxygen atoms in total. The molecule has 0 fully saturated rings. The van der Waals surface area contributed by atoms with Crippen LogP contribution in [0.25, 0.3) is 16.9 Å². The molecule has 2 aromatic heterocycles. The van der Waals surface area contributed by atoms with Gasteiger partial charge in [0.25, 0.3) is 5.69 Å². The molecule has 0 amide bonds. The highest BCUT2D eigenvalue weighted by molar-refractivity contribution is 6.30. The monoisotopic (exact) mass is 379 g/mol. The van der Waals surface area contributed by atoms with Gasteiger partial charge in [-0.15, -0.1) is 0 Å². The number of ether oxygens (including phenoxy) is 1. The maximum absolute atomic E-state index is 10.9. The first-order chi connectivity index (χ1) is 13.1. The Morgan fingerprint density at radius 3 is 2.63 bits per heavy atom. The third-order valence-electron chi connectivity index (χ3n) is 4.09. The Hall–Kier alpha value is -3.38. The van der Waals surface area contributed by atoms with Crippen LogP contribution in [0.2, 0.25) is 5.02 Å². The molecule has 0 bridgehead atoms. The lowest BCUT2D eigenvalue weighted by atomic mass is 10.1. The normalized spacial score (nSPS) is 10.9. The van der Waals surface area contributed by atoms with Gasteiger partial charge >= 0.3 is 0 Å². The number of hydrogen-bond acceptors (Lipinski definition) is 4. The molecule has 0 aliphatic rings. The van der Waals surface area contributed by atoms with Crippen LogP contribution >= 0.6 is 11.6 Å². The van der Waals surface area contributed by atoms with Crippen LogP contribution in [0.4, 0.5) is 5.69 Å². The fraction of sp³-hybridized carbons (Fsp3) is 0.0500. The molecule has 0 aliphatic heterocycles. The van der Waals surface area contributed by atoms with Crippen LogP contribution in [-0.4, -0.2) is 14.3 Å². The van der Waals surface area contributed by atoms with Gasteiger partial charge in [0.05, 0.1) is 16.8 Å². The lowest BCUT2D eigenvalue weighted by molar-refractivity contribution is -0.385. The van der Waals surface area contributed by atoms with Gasteiger partial charge in [-0.2, -0.15) is 0 Å². The van der Waals surface area contributed by atoms with Crippen molar-refractivity contribution in [1.29, 1.82) is 0 Å². The molecule has 0 radical (unpaired) electrons. The second-order valence-electron chi connectivity index (χ2n) is 5.98. The van der Waals surface area contributed by atoms with E-state index in [2.05, 4.69) is 4.98 Å². The highest BCUT2D eigenvalue weighted by Crippen LogP contribution is 2.24. The molecule has 0 atom stereocenters. The summed E-state index contributed by atoms with van der Waals surface area (Å²) in [6.45, 7) is 0.429. The van der Waals surface area contributed by atoms with Crippen molar-refractivity contribution < 1.29 is 9.66 Å². The quantitative estimate of drug-likeness (QED) is 0.355. The molecular formula is C20H14ClN3O3. The molecule has 0 unspecified atom stereocenters. The fourth-order valence-corrected chi connectivity index (χ4v) is 2.96. The standard InChI is InChI=1S/C20H14ClN3O3/c21-16-3-1-2-14(10-16)13-27-18-7-4-15(5-8-18)19-12-23-11-17(24(25)26)6-9-20(23)22-19/h1-12H,13H2. The van der Waals surface area contributed by atoms with E-state index < -0.39 is 4.92 Å². The second kappa shape index (κ2) is 7.09. The predicted octanol–water partition coefficient (Wildman–Crippen LogP) is 5.14. The summed E-state index contributed by atoms with van der Waals surface area (Å²) in [7, 11) is 0. The highest BCUT2D eigenvalue weighted by Gasteiger charge is 2.10. The van der Waals surface area contributed by atoms with Crippen LogP contribution < -0.4 is 4.74 Å². The molecule has 0 aliphatic carbocycles. The van der Waals surface area contributed by atoms with E-state index in [1.165, 1.54) is 12.3 Å². The van der Waals surface area contributed by atoms with Gasteiger partial charge in [0.1, 0.15) is 18.0 Å². The molecule has 134 valence electrons. The molecule has 7 heteroatoms. The number of halogens is 1. The minimum atomic E-state index is -0.425. The maximum Gasteiger partial charge on any atom is 0.286 e. The summed E-state index contributed by atoms with van der Waals surface area (Å²) >= 11 is 5.97. The zero-order valence-electron chi connectivity index (χ0n) is 14.1. The summed E-state index contributed by atoms with van der Waals surface area (Å²) in [5.41, 5.74) is 3.30. The van der Waals surface area contributed by atoms with E-state index in [0.29, 0.717) is 17.3 Å². The number of benzene rings is 2. The van der Waals surface area contributed by atoms with E-state index in [4.69, 9.17) is 16.3 Å². The van der Waals surface area contributed by atoms with Gasteiger partial charge < -0.3 is 4.74 Å². The number of nitro groups is 1. The lowest BCUT2D eigenvalue weighted by Gasteiger charge is -2.07. The maximum atomic E-state index is 10.9. The van der Waals surface area contributed by atoms with Crippen molar-refractivity contribution in [3.05, 3.63) is 93.8 Å². The van der Waals surface area contributed by atoms with Gasteiger partial charge in [-0.3, -0.25) is 14.5 Å². The van der Waals surface area contributed by atoms with E-state index in [0.717, 1.165) is 22.6 Å². The number of hydrogen-bond donors (Lipinski definition) is 0. The largest absolute Gasteiger partial charge is 0.489 e. The topological polar surface area (TPSA) is 69.7 Å². The first-order valence-electron chi connectivity index (χ1n) is 8.19. The van der Waals surface area contributed by atoms with Gasteiger partial charge in [0, 0.05) is 22.8 Å². The Balaban J connectivity index is 1.51. The number of imidazole rings is 1. The van der Waals surface area contributed by atoms with Crippen LogP contribution in [0.1, 0.15) is 5.56 Å². The Labute approximate surface area is 159 Å². The third-order valence-corrected chi connectivity index (χ3v) is 4.33. The Morgan fingerprint density at radius 2 is 1.89 bits per heavy atom. The summed E-state index contributed by atoms with van der Waals surface area (Å²) < 4.78 is 7.43. The zero-order chi connectivity index (χ0) is 18.8.